The van der Waals surface area contributed by atoms with Crippen molar-refractivity contribution in [3.05, 3.63) is 140 Å². The quantitative estimate of drug-likeness (QED) is 0.202. The van der Waals surface area contributed by atoms with Crippen LogP contribution >= 0.6 is 0 Å². The number of hydrogen-bond acceptors (Lipinski definition) is 2. The number of benzene rings is 5. The average molecular weight is 550 g/mol. The molecule has 5 nitrogen and oxygen atoms in total. The second-order valence-corrected chi connectivity index (χ2v) is 11.2. The first-order valence-corrected chi connectivity index (χ1v) is 14.5. The summed E-state index contributed by atoms with van der Waals surface area (Å²) in [5.41, 5.74) is 9.08. The number of rotatable bonds is 2. The van der Waals surface area contributed by atoms with E-state index in [-0.39, 0.29) is 0 Å². The van der Waals surface area contributed by atoms with Gasteiger partial charge in [0.05, 0.1) is 27.6 Å². The second-order valence-electron chi connectivity index (χ2n) is 11.2. The summed E-state index contributed by atoms with van der Waals surface area (Å²) in [5, 5.41) is 8.36. The van der Waals surface area contributed by atoms with Gasteiger partial charge in [0, 0.05) is 68.5 Å². The highest BCUT2D eigenvalue weighted by Gasteiger charge is 2.20. The van der Waals surface area contributed by atoms with Crippen molar-refractivity contribution in [3.63, 3.8) is 0 Å². The Balaban J connectivity index is 1.45. The van der Waals surface area contributed by atoms with Crippen LogP contribution in [0.5, 0.6) is 0 Å². The Morgan fingerprint density at radius 2 is 1.00 bits per heavy atom. The molecule has 5 heteroatoms. The average Bonchev–Trinajstić information content (AvgIpc) is 3.77. The summed E-state index contributed by atoms with van der Waals surface area (Å²) in [7, 11) is 0. The second kappa shape index (κ2) is 8.30. The zero-order chi connectivity index (χ0) is 28.1. The lowest BCUT2D eigenvalue weighted by Crippen LogP contribution is -1.96. The fourth-order valence-electron chi connectivity index (χ4n) is 7.14. The van der Waals surface area contributed by atoms with E-state index in [2.05, 4.69) is 140 Å². The molecule has 0 amide bonds. The van der Waals surface area contributed by atoms with Crippen molar-refractivity contribution < 1.29 is 0 Å². The van der Waals surface area contributed by atoms with E-state index in [9.17, 15) is 0 Å². The Morgan fingerprint density at radius 3 is 1.72 bits per heavy atom. The van der Waals surface area contributed by atoms with Crippen molar-refractivity contribution in [1.82, 2.24) is 23.5 Å². The van der Waals surface area contributed by atoms with Crippen LogP contribution in [0.2, 0.25) is 0 Å². The molecule has 0 saturated heterocycles. The third-order valence-electron chi connectivity index (χ3n) is 8.96. The molecule has 0 N–H and O–H groups in total. The van der Waals surface area contributed by atoms with Crippen LogP contribution < -0.4 is 0 Å². The van der Waals surface area contributed by atoms with E-state index in [4.69, 9.17) is 4.98 Å². The zero-order valence-electron chi connectivity index (χ0n) is 23.0. The Kier molecular flexibility index (Phi) is 4.39. The molecule has 0 aliphatic carbocycles. The summed E-state index contributed by atoms with van der Waals surface area (Å²) in [6, 6.07) is 41.7. The van der Waals surface area contributed by atoms with E-state index in [0.29, 0.717) is 0 Å². The van der Waals surface area contributed by atoms with Crippen molar-refractivity contribution in [1.29, 1.82) is 0 Å². The molecule has 0 fully saturated rings. The normalized spacial score (nSPS) is 12.2. The van der Waals surface area contributed by atoms with Crippen molar-refractivity contribution >= 4 is 70.9 Å². The summed E-state index contributed by atoms with van der Waals surface area (Å²) in [5.74, 6) is 0. The van der Waals surface area contributed by atoms with Crippen LogP contribution in [0.15, 0.2) is 140 Å². The molecule has 0 atom stereocenters. The molecule has 0 bridgehead atoms. The minimum atomic E-state index is 0.923. The predicted octanol–water partition coefficient (Wildman–Crippen LogP) is 9.23. The number of aromatic nitrogens is 5. The highest BCUT2D eigenvalue weighted by molar-refractivity contribution is 6.23. The molecular weight excluding hydrogens is 526 g/mol. The van der Waals surface area contributed by atoms with E-state index in [1.54, 1.807) is 0 Å². The van der Waals surface area contributed by atoms with E-state index in [0.717, 1.165) is 33.3 Å². The monoisotopic (exact) mass is 549 g/mol. The Morgan fingerprint density at radius 1 is 0.419 bits per heavy atom. The van der Waals surface area contributed by atoms with Crippen LogP contribution in [0.1, 0.15) is 0 Å². The zero-order valence-corrected chi connectivity index (χ0v) is 23.0. The predicted molar refractivity (Wildman–Crippen MR) is 177 cm³/mol. The highest BCUT2D eigenvalue weighted by atomic mass is 15.0. The minimum Gasteiger partial charge on any atom is -0.309 e. The van der Waals surface area contributed by atoms with Gasteiger partial charge in [-0.1, -0.05) is 54.6 Å². The standard InChI is InChI=1S/C38H23N5/c1-3-9-24(10-4-1)42-33-14-8-7-13-27(33)29-20-31-30-19-28-26-15-16-39-23-32(26)38-40-17-18-41(38)34(28)21-35(30)43(37(31)22-36(29)42)25-11-5-2-6-12-25/h1-23H. The fraction of sp³-hybridized carbons (Fsp3) is 0. The van der Waals surface area contributed by atoms with E-state index in [1.807, 2.05) is 18.6 Å². The lowest BCUT2D eigenvalue weighted by atomic mass is 10.0. The molecule has 0 saturated carbocycles. The minimum absolute atomic E-state index is 0.923. The molecule has 0 unspecified atom stereocenters. The van der Waals surface area contributed by atoms with Crippen LogP contribution in [0.4, 0.5) is 0 Å². The first kappa shape index (κ1) is 22.7. The number of fused-ring (bicyclic) bond motifs is 12. The first-order valence-electron chi connectivity index (χ1n) is 14.5. The van der Waals surface area contributed by atoms with Gasteiger partial charge in [-0.05, 0) is 66.0 Å². The number of para-hydroxylation sites is 3. The van der Waals surface area contributed by atoms with Gasteiger partial charge < -0.3 is 9.13 Å². The van der Waals surface area contributed by atoms with E-state index < -0.39 is 0 Å². The van der Waals surface area contributed by atoms with Gasteiger partial charge in [-0.15, -0.1) is 0 Å². The van der Waals surface area contributed by atoms with Crippen LogP contribution in [0, 0.1) is 0 Å². The summed E-state index contributed by atoms with van der Waals surface area (Å²) in [4.78, 5) is 9.15. The molecular formula is C38H23N5. The molecule has 5 aromatic heterocycles. The van der Waals surface area contributed by atoms with E-state index in [1.165, 1.54) is 49.0 Å². The summed E-state index contributed by atoms with van der Waals surface area (Å²) >= 11 is 0. The number of hydrogen-bond donors (Lipinski definition) is 0. The maximum atomic E-state index is 4.71. The van der Waals surface area contributed by atoms with Crippen molar-refractivity contribution in [3.8, 4) is 11.4 Å². The maximum absolute atomic E-state index is 4.71. The molecule has 5 aromatic carbocycles. The molecule has 0 aliphatic rings. The number of nitrogens with zero attached hydrogens (tertiary/aromatic N) is 5. The number of pyridine rings is 2. The molecule has 10 aromatic rings. The third kappa shape index (κ3) is 3.00. The first-order chi connectivity index (χ1) is 21.3. The smallest absolute Gasteiger partial charge is 0.146 e. The van der Waals surface area contributed by atoms with Gasteiger partial charge in [-0.25, -0.2) is 4.98 Å². The highest BCUT2D eigenvalue weighted by Crippen LogP contribution is 2.41. The Hall–Kier alpha value is -5.94. The molecule has 43 heavy (non-hydrogen) atoms. The van der Waals surface area contributed by atoms with Gasteiger partial charge in [0.15, 0.2) is 0 Å². The summed E-state index contributed by atoms with van der Waals surface area (Å²) in [6.07, 6.45) is 7.73. The summed E-state index contributed by atoms with van der Waals surface area (Å²) < 4.78 is 7.00. The van der Waals surface area contributed by atoms with Gasteiger partial charge in [0.25, 0.3) is 0 Å². The van der Waals surface area contributed by atoms with Crippen molar-refractivity contribution in [2.24, 2.45) is 0 Å². The van der Waals surface area contributed by atoms with Crippen molar-refractivity contribution in [2.75, 3.05) is 0 Å². The number of imidazole rings is 1. The van der Waals surface area contributed by atoms with Crippen LogP contribution in [-0.4, -0.2) is 23.5 Å². The SMILES string of the molecule is c1ccc(-n2c3ccccc3c3cc4c5cc6c7ccncc7c7nccn7c6cc5n(-c5ccccc5)c4cc32)cc1. The van der Waals surface area contributed by atoms with Gasteiger partial charge in [0.2, 0.25) is 0 Å². The maximum Gasteiger partial charge on any atom is 0.146 e. The molecule has 0 radical (unpaired) electrons. The topological polar surface area (TPSA) is 40.1 Å². The van der Waals surface area contributed by atoms with Gasteiger partial charge >= 0.3 is 0 Å². The molecule has 5 heterocycles. The fourth-order valence-corrected chi connectivity index (χ4v) is 7.14. The van der Waals surface area contributed by atoms with Gasteiger partial charge in [-0.3, -0.25) is 9.38 Å². The van der Waals surface area contributed by atoms with Crippen molar-refractivity contribution in [2.45, 2.75) is 0 Å². The molecule has 200 valence electrons. The largest absolute Gasteiger partial charge is 0.309 e. The third-order valence-corrected chi connectivity index (χ3v) is 8.96. The Bertz CT molecular complexity index is 2710. The summed E-state index contributed by atoms with van der Waals surface area (Å²) in [6.45, 7) is 0. The molecule has 0 spiro atoms. The van der Waals surface area contributed by atoms with Crippen LogP contribution in [-0.2, 0) is 0 Å². The Labute approximate surface area is 245 Å². The van der Waals surface area contributed by atoms with Gasteiger partial charge in [0.1, 0.15) is 5.65 Å². The molecule has 10 rings (SSSR count). The lowest BCUT2D eigenvalue weighted by Gasteiger charge is -2.11. The molecule has 0 aliphatic heterocycles. The van der Waals surface area contributed by atoms with Gasteiger partial charge in [-0.2, -0.15) is 0 Å². The van der Waals surface area contributed by atoms with Crippen LogP contribution in [0.3, 0.4) is 0 Å². The van der Waals surface area contributed by atoms with Crippen LogP contribution in [0.25, 0.3) is 82.3 Å². The lowest BCUT2D eigenvalue weighted by molar-refractivity contribution is 1.16. The van der Waals surface area contributed by atoms with E-state index >= 15 is 0 Å².